The van der Waals surface area contributed by atoms with Gasteiger partial charge >= 0.3 is 0 Å². The number of nitrogens with two attached hydrogens (primary N) is 1. The highest BCUT2D eigenvalue weighted by Crippen LogP contribution is 2.39. The second kappa shape index (κ2) is 9.24. The van der Waals surface area contributed by atoms with Crippen molar-refractivity contribution in [3.8, 4) is 5.75 Å². The normalized spacial score (nSPS) is 28.0. The first-order valence-corrected chi connectivity index (χ1v) is 9.76. The van der Waals surface area contributed by atoms with E-state index in [2.05, 4.69) is 21.2 Å². The molecular weight excluding hydrogens is 404 g/mol. The van der Waals surface area contributed by atoms with Crippen LogP contribution in [-0.4, -0.2) is 24.6 Å². The number of nitrogens with one attached hydrogen (secondary N) is 1. The summed E-state index contributed by atoms with van der Waals surface area (Å²) in [5.41, 5.74) is 7.33. The van der Waals surface area contributed by atoms with E-state index in [4.69, 9.17) is 10.5 Å². The van der Waals surface area contributed by atoms with Crippen LogP contribution >= 0.6 is 28.3 Å². The fourth-order valence-electron chi connectivity index (χ4n) is 4.26. The lowest BCUT2D eigenvalue weighted by Gasteiger charge is -2.45. The van der Waals surface area contributed by atoms with Crippen molar-refractivity contribution >= 4 is 34.2 Å². The van der Waals surface area contributed by atoms with Crippen molar-refractivity contribution in [3.05, 3.63) is 28.2 Å². The lowest BCUT2D eigenvalue weighted by atomic mass is 9.67. The molecule has 4 nitrogen and oxygen atoms in total. The van der Waals surface area contributed by atoms with Gasteiger partial charge in [-0.15, -0.1) is 12.4 Å². The maximum absolute atomic E-state index is 12.3. The van der Waals surface area contributed by atoms with Gasteiger partial charge in [0.15, 0.2) is 0 Å². The van der Waals surface area contributed by atoms with Crippen LogP contribution in [0.3, 0.4) is 0 Å². The van der Waals surface area contributed by atoms with Gasteiger partial charge in [-0.25, -0.2) is 0 Å². The molecule has 25 heavy (non-hydrogen) atoms. The first-order chi connectivity index (χ1) is 11.5. The lowest BCUT2D eigenvalue weighted by molar-refractivity contribution is -0.123. The van der Waals surface area contributed by atoms with Crippen molar-refractivity contribution in [1.82, 2.24) is 5.32 Å². The molecule has 6 heteroatoms. The third-order valence-corrected chi connectivity index (χ3v) is 6.00. The maximum Gasteiger partial charge on any atom is 0.223 e. The summed E-state index contributed by atoms with van der Waals surface area (Å²) in [6.07, 6.45) is 6.16. The summed E-state index contributed by atoms with van der Waals surface area (Å²) in [6.45, 7) is 2.43. The molecule has 0 saturated heterocycles. The van der Waals surface area contributed by atoms with Crippen molar-refractivity contribution in [2.24, 2.45) is 17.6 Å². The van der Waals surface area contributed by atoms with Crippen molar-refractivity contribution in [1.29, 1.82) is 0 Å². The van der Waals surface area contributed by atoms with Crippen LogP contribution in [0.4, 0.5) is 0 Å². The number of rotatable bonds is 5. The Morgan fingerprint density at radius 3 is 2.64 bits per heavy atom. The number of fused-ring (bicyclic) bond motifs is 2. The van der Waals surface area contributed by atoms with Crippen molar-refractivity contribution in [2.45, 2.75) is 57.5 Å². The molecule has 2 aliphatic carbocycles. The smallest absolute Gasteiger partial charge is 0.223 e. The molecule has 1 aromatic carbocycles. The summed E-state index contributed by atoms with van der Waals surface area (Å²) >= 11 is 3.49. The van der Waals surface area contributed by atoms with E-state index in [0.29, 0.717) is 36.9 Å². The van der Waals surface area contributed by atoms with Gasteiger partial charge in [0, 0.05) is 12.1 Å². The van der Waals surface area contributed by atoms with Crippen LogP contribution in [0.15, 0.2) is 22.7 Å². The Hall–Kier alpha value is -0.780. The van der Waals surface area contributed by atoms with Gasteiger partial charge < -0.3 is 15.8 Å². The van der Waals surface area contributed by atoms with Gasteiger partial charge in [0.05, 0.1) is 17.5 Å². The van der Waals surface area contributed by atoms with Crippen LogP contribution in [0.5, 0.6) is 5.75 Å². The Balaban J connectivity index is 0.00000225. The molecule has 2 bridgehead atoms. The average molecular weight is 432 g/mol. The van der Waals surface area contributed by atoms with Crippen molar-refractivity contribution in [3.63, 3.8) is 0 Å². The molecule has 0 spiro atoms. The van der Waals surface area contributed by atoms with E-state index in [0.717, 1.165) is 23.1 Å². The highest BCUT2D eigenvalue weighted by Gasteiger charge is 2.39. The average Bonchev–Trinajstić information content (AvgIpc) is 2.50. The molecule has 2 aliphatic rings. The number of hydrogen-bond acceptors (Lipinski definition) is 3. The molecule has 140 valence electrons. The Labute approximate surface area is 164 Å². The lowest BCUT2D eigenvalue weighted by Crippen LogP contribution is -2.53. The third kappa shape index (κ3) is 5.35. The van der Waals surface area contributed by atoms with E-state index in [1.54, 1.807) is 0 Å². The molecular formula is C19H28BrClN2O2. The van der Waals surface area contributed by atoms with Crippen LogP contribution in [-0.2, 0) is 4.79 Å². The van der Waals surface area contributed by atoms with Crippen LogP contribution < -0.4 is 15.8 Å². The second-order valence-corrected chi connectivity index (χ2v) is 8.16. The van der Waals surface area contributed by atoms with Gasteiger partial charge in [-0.2, -0.15) is 0 Å². The topological polar surface area (TPSA) is 64.3 Å². The van der Waals surface area contributed by atoms with Crippen LogP contribution in [0.1, 0.15) is 44.1 Å². The predicted molar refractivity (Wildman–Crippen MR) is 106 cm³/mol. The van der Waals surface area contributed by atoms with E-state index in [1.807, 2.05) is 25.1 Å². The Kier molecular flexibility index (Phi) is 7.59. The van der Waals surface area contributed by atoms with Gasteiger partial charge in [-0.3, -0.25) is 4.79 Å². The number of hydrogen-bond donors (Lipinski definition) is 2. The number of carbonyl (C=O) groups excluding carboxylic acids is 1. The van der Waals surface area contributed by atoms with Gasteiger partial charge in [0.1, 0.15) is 5.75 Å². The second-order valence-electron chi connectivity index (χ2n) is 7.31. The third-order valence-electron chi connectivity index (χ3n) is 5.38. The fourth-order valence-corrected chi connectivity index (χ4v) is 4.87. The largest absolute Gasteiger partial charge is 0.492 e. The molecule has 2 fully saturated rings. The molecule has 3 N–H and O–H groups in total. The van der Waals surface area contributed by atoms with Crippen LogP contribution in [0.25, 0.3) is 0 Å². The van der Waals surface area contributed by atoms with Crippen LogP contribution in [0.2, 0.25) is 0 Å². The van der Waals surface area contributed by atoms with Gasteiger partial charge in [-0.05, 0) is 78.1 Å². The first-order valence-electron chi connectivity index (χ1n) is 8.97. The minimum atomic E-state index is 0. The summed E-state index contributed by atoms with van der Waals surface area (Å²) < 4.78 is 6.66. The van der Waals surface area contributed by atoms with Gasteiger partial charge in [0.25, 0.3) is 0 Å². The van der Waals surface area contributed by atoms with Crippen LogP contribution in [0, 0.1) is 18.8 Å². The Morgan fingerprint density at radius 2 is 2.00 bits per heavy atom. The molecule has 1 aromatic rings. The highest BCUT2D eigenvalue weighted by atomic mass is 79.9. The number of carbonyl (C=O) groups is 1. The Morgan fingerprint density at radius 1 is 1.32 bits per heavy atom. The first kappa shape index (κ1) is 20.5. The molecule has 1 amide bonds. The van der Waals surface area contributed by atoms with Crippen molar-refractivity contribution < 1.29 is 9.53 Å². The number of aryl methyl sites for hydroxylation is 1. The van der Waals surface area contributed by atoms with Gasteiger partial charge in [-0.1, -0.05) is 12.5 Å². The van der Waals surface area contributed by atoms with E-state index >= 15 is 0 Å². The van der Waals surface area contributed by atoms with Gasteiger partial charge in [0.2, 0.25) is 5.91 Å². The summed E-state index contributed by atoms with van der Waals surface area (Å²) in [5, 5.41) is 3.27. The summed E-state index contributed by atoms with van der Waals surface area (Å²) in [6, 6.07) is 6.59. The van der Waals surface area contributed by atoms with E-state index in [9.17, 15) is 4.79 Å². The monoisotopic (exact) mass is 430 g/mol. The minimum absolute atomic E-state index is 0. The summed E-state index contributed by atoms with van der Waals surface area (Å²) in [4.78, 5) is 12.3. The van der Waals surface area contributed by atoms with E-state index in [1.165, 1.54) is 24.8 Å². The molecule has 0 radical (unpaired) electrons. The number of halogens is 2. The standard InChI is InChI=1S/C19H27BrN2O2.ClH/c1-12-5-6-17(16(20)9-12)24-8-7-18(23)22-19-13-3-2-4-14(19)11-15(21)10-13;/h5-6,9,13-15,19H,2-4,7-8,10-11,21H2,1H3,(H,22,23);1H. The number of amides is 1. The zero-order valence-electron chi connectivity index (χ0n) is 14.7. The number of benzene rings is 1. The Bertz CT molecular complexity index is 585. The molecule has 3 rings (SSSR count). The van der Waals surface area contributed by atoms with Crippen molar-refractivity contribution in [2.75, 3.05) is 6.61 Å². The summed E-state index contributed by atoms with van der Waals surface area (Å²) in [7, 11) is 0. The molecule has 2 saturated carbocycles. The maximum atomic E-state index is 12.3. The zero-order chi connectivity index (χ0) is 17.1. The summed E-state index contributed by atoms with van der Waals surface area (Å²) in [5.74, 6) is 2.00. The molecule has 2 unspecified atom stereocenters. The molecule has 0 aliphatic heterocycles. The number of ether oxygens (including phenoxy) is 1. The fraction of sp³-hybridized carbons (Fsp3) is 0.632. The van der Waals surface area contributed by atoms with E-state index in [-0.39, 0.29) is 18.3 Å². The molecule has 0 heterocycles. The predicted octanol–water partition coefficient (Wildman–Crippen LogP) is 3.97. The van der Waals surface area contributed by atoms with E-state index < -0.39 is 0 Å². The minimum Gasteiger partial charge on any atom is -0.492 e. The quantitative estimate of drug-likeness (QED) is 0.741. The molecule has 0 aromatic heterocycles. The highest BCUT2D eigenvalue weighted by molar-refractivity contribution is 9.10. The molecule has 2 atom stereocenters. The zero-order valence-corrected chi connectivity index (χ0v) is 17.1. The SMILES string of the molecule is Cc1ccc(OCCC(=O)NC2C3CCCC2CC(N)C3)c(Br)c1.Cl.